The van der Waals surface area contributed by atoms with Gasteiger partial charge in [0, 0.05) is 24.7 Å². The van der Waals surface area contributed by atoms with E-state index in [4.69, 9.17) is 5.73 Å². The molecular formula is C24H34N6O6. The Balaban J connectivity index is 2.20. The Morgan fingerprint density at radius 1 is 0.944 bits per heavy atom. The van der Waals surface area contributed by atoms with E-state index in [0.717, 1.165) is 0 Å². The van der Waals surface area contributed by atoms with Crippen molar-refractivity contribution in [3.63, 3.8) is 0 Å². The van der Waals surface area contributed by atoms with Crippen LogP contribution in [0.3, 0.4) is 0 Å². The van der Waals surface area contributed by atoms with Gasteiger partial charge in [0.2, 0.25) is 17.7 Å². The molecule has 0 aliphatic rings. The summed E-state index contributed by atoms with van der Waals surface area (Å²) in [6.45, 7) is 4.79. The third-order valence-electron chi connectivity index (χ3n) is 5.59. The van der Waals surface area contributed by atoms with E-state index in [1.54, 1.807) is 44.2 Å². The number of aromatic amines is 1. The fraction of sp³-hybridized carbons (Fsp3) is 0.458. The maximum atomic E-state index is 13.1. The van der Waals surface area contributed by atoms with Crippen molar-refractivity contribution in [2.45, 2.75) is 63.9 Å². The average Bonchev–Trinajstić information content (AvgIpc) is 3.34. The maximum absolute atomic E-state index is 13.1. The second-order valence-corrected chi connectivity index (χ2v) is 8.93. The van der Waals surface area contributed by atoms with Crippen LogP contribution in [0.1, 0.15) is 32.0 Å². The lowest BCUT2D eigenvalue weighted by atomic mass is 10.0. The summed E-state index contributed by atoms with van der Waals surface area (Å²) in [7, 11) is 0. The van der Waals surface area contributed by atoms with Crippen molar-refractivity contribution in [3.05, 3.63) is 54.1 Å². The van der Waals surface area contributed by atoms with E-state index in [0.29, 0.717) is 11.3 Å². The summed E-state index contributed by atoms with van der Waals surface area (Å²) in [5, 5.41) is 27.2. The Kier molecular flexibility index (Phi) is 10.6. The number of hydrogen-bond acceptors (Lipinski definition) is 7. The zero-order valence-corrected chi connectivity index (χ0v) is 20.5. The lowest BCUT2D eigenvalue weighted by Gasteiger charge is -2.27. The number of rotatable bonds is 13. The molecule has 0 saturated carbocycles. The number of hydrogen-bond donors (Lipinski definition) is 7. The number of benzene rings is 1. The second kappa shape index (κ2) is 13.4. The van der Waals surface area contributed by atoms with Gasteiger partial charge in [-0.05, 0) is 18.4 Å². The summed E-state index contributed by atoms with van der Waals surface area (Å²) in [4.78, 5) is 57.1. The van der Waals surface area contributed by atoms with E-state index >= 15 is 0 Å². The van der Waals surface area contributed by atoms with Crippen LogP contribution in [0, 0.1) is 5.92 Å². The van der Waals surface area contributed by atoms with Crippen LogP contribution < -0.4 is 21.7 Å². The first kappa shape index (κ1) is 28.5. The highest BCUT2D eigenvalue weighted by Crippen LogP contribution is 2.07. The molecule has 2 rings (SSSR count). The van der Waals surface area contributed by atoms with Crippen molar-refractivity contribution < 1.29 is 29.4 Å². The third-order valence-corrected chi connectivity index (χ3v) is 5.59. The zero-order chi connectivity index (χ0) is 26.8. The third kappa shape index (κ3) is 8.47. The molecule has 0 spiro atoms. The summed E-state index contributed by atoms with van der Waals surface area (Å²) in [6.07, 6.45) is 1.55. The molecule has 0 bridgehead atoms. The van der Waals surface area contributed by atoms with Crippen LogP contribution in [-0.2, 0) is 32.0 Å². The van der Waals surface area contributed by atoms with Gasteiger partial charge in [-0.2, -0.15) is 0 Å². The molecule has 196 valence electrons. The molecule has 0 aliphatic carbocycles. The predicted octanol–water partition coefficient (Wildman–Crippen LogP) is -0.902. The highest BCUT2D eigenvalue weighted by molar-refractivity contribution is 5.94. The quantitative estimate of drug-likeness (QED) is 0.183. The summed E-state index contributed by atoms with van der Waals surface area (Å²) in [5.74, 6) is -3.66. The highest BCUT2D eigenvalue weighted by atomic mass is 16.4. The number of carboxylic acid groups (broad SMARTS) is 1. The summed E-state index contributed by atoms with van der Waals surface area (Å²) < 4.78 is 0. The van der Waals surface area contributed by atoms with Crippen LogP contribution in [0.2, 0.25) is 0 Å². The molecule has 12 heteroatoms. The van der Waals surface area contributed by atoms with Gasteiger partial charge in [-0.3, -0.25) is 14.4 Å². The highest BCUT2D eigenvalue weighted by Gasteiger charge is 2.33. The first-order valence-corrected chi connectivity index (χ1v) is 11.6. The smallest absolute Gasteiger partial charge is 0.326 e. The van der Waals surface area contributed by atoms with Crippen molar-refractivity contribution in [2.75, 3.05) is 0 Å². The molecular weight excluding hydrogens is 468 g/mol. The van der Waals surface area contributed by atoms with E-state index in [2.05, 4.69) is 25.9 Å². The molecule has 12 nitrogen and oxygen atoms in total. The van der Waals surface area contributed by atoms with Gasteiger partial charge in [0.1, 0.15) is 18.1 Å². The second-order valence-electron chi connectivity index (χ2n) is 8.93. The minimum atomic E-state index is -1.39. The minimum Gasteiger partial charge on any atom is -0.480 e. The van der Waals surface area contributed by atoms with Crippen molar-refractivity contribution in [1.29, 1.82) is 0 Å². The molecule has 1 heterocycles. The van der Waals surface area contributed by atoms with E-state index in [1.807, 2.05) is 0 Å². The first-order valence-electron chi connectivity index (χ1n) is 11.6. The number of H-pyrrole nitrogens is 1. The fourth-order valence-corrected chi connectivity index (χ4v) is 3.37. The number of imidazole rings is 1. The van der Waals surface area contributed by atoms with Gasteiger partial charge in [0.05, 0.1) is 18.5 Å². The molecule has 0 fully saturated rings. The molecule has 1 aromatic heterocycles. The molecule has 8 N–H and O–H groups in total. The van der Waals surface area contributed by atoms with Gasteiger partial charge in [0.25, 0.3) is 0 Å². The number of nitrogens with two attached hydrogens (primary N) is 1. The minimum absolute atomic E-state index is 0.0338. The van der Waals surface area contributed by atoms with Crippen LogP contribution in [0.4, 0.5) is 0 Å². The number of aliphatic carboxylic acids is 1. The van der Waals surface area contributed by atoms with Gasteiger partial charge in [-0.1, -0.05) is 44.2 Å². The number of nitrogens with zero attached hydrogens (tertiary/aromatic N) is 1. The number of carboxylic acids is 1. The van der Waals surface area contributed by atoms with Crippen molar-refractivity contribution in [1.82, 2.24) is 25.9 Å². The Hall–Kier alpha value is -3.77. The van der Waals surface area contributed by atoms with Gasteiger partial charge in [-0.25, -0.2) is 9.78 Å². The molecule has 36 heavy (non-hydrogen) atoms. The molecule has 0 saturated heterocycles. The van der Waals surface area contributed by atoms with Gasteiger partial charge in [-0.15, -0.1) is 0 Å². The Morgan fingerprint density at radius 2 is 1.58 bits per heavy atom. The normalized spacial score (nSPS) is 15.3. The summed E-state index contributed by atoms with van der Waals surface area (Å²) in [6, 6.07) is 4.01. The Morgan fingerprint density at radius 3 is 2.11 bits per heavy atom. The predicted molar refractivity (Wildman–Crippen MR) is 130 cm³/mol. The van der Waals surface area contributed by atoms with Crippen LogP contribution >= 0.6 is 0 Å². The van der Waals surface area contributed by atoms with Crippen molar-refractivity contribution in [2.24, 2.45) is 11.7 Å². The topological polar surface area (TPSA) is 200 Å². The van der Waals surface area contributed by atoms with Crippen LogP contribution in [0.15, 0.2) is 42.9 Å². The molecule has 5 atom stereocenters. The Bertz CT molecular complexity index is 1010. The SMILES string of the molecule is CC(C)C(N)C(=O)NC(C(=O)NC(Cc1cnc[nH]1)C(=O)NC(Cc1ccccc1)C(=O)O)C(C)O. The molecule has 1 aromatic carbocycles. The number of aliphatic hydroxyl groups excluding tert-OH is 1. The van der Waals surface area contributed by atoms with Gasteiger partial charge < -0.3 is 36.9 Å². The van der Waals surface area contributed by atoms with Gasteiger partial charge >= 0.3 is 5.97 Å². The van der Waals surface area contributed by atoms with Crippen LogP contribution in [-0.4, -0.2) is 74.1 Å². The van der Waals surface area contributed by atoms with E-state index in [1.165, 1.54) is 19.4 Å². The maximum Gasteiger partial charge on any atom is 0.326 e. The number of amides is 3. The van der Waals surface area contributed by atoms with Crippen LogP contribution in [0.5, 0.6) is 0 Å². The van der Waals surface area contributed by atoms with E-state index < -0.39 is 54.0 Å². The molecule has 0 aliphatic heterocycles. The van der Waals surface area contributed by atoms with E-state index in [-0.39, 0.29) is 18.8 Å². The number of aliphatic hydroxyl groups is 1. The lowest BCUT2D eigenvalue weighted by Crippen LogP contribution is -2.60. The van der Waals surface area contributed by atoms with Crippen LogP contribution in [0.25, 0.3) is 0 Å². The summed E-state index contributed by atoms with van der Waals surface area (Å²) in [5.41, 5.74) is 7.05. The molecule has 5 unspecified atom stereocenters. The summed E-state index contributed by atoms with van der Waals surface area (Å²) >= 11 is 0. The van der Waals surface area contributed by atoms with E-state index in [9.17, 15) is 29.4 Å². The molecule has 3 amide bonds. The van der Waals surface area contributed by atoms with Crippen molar-refractivity contribution >= 4 is 23.7 Å². The number of aromatic nitrogens is 2. The Labute approximate surface area is 209 Å². The molecule has 0 radical (unpaired) electrons. The van der Waals surface area contributed by atoms with Gasteiger partial charge in [0.15, 0.2) is 0 Å². The first-order chi connectivity index (χ1) is 17.0. The number of nitrogens with one attached hydrogen (secondary N) is 4. The molecule has 2 aromatic rings. The lowest BCUT2D eigenvalue weighted by molar-refractivity contribution is -0.142. The average molecular weight is 503 g/mol. The largest absolute Gasteiger partial charge is 0.480 e. The monoisotopic (exact) mass is 502 g/mol. The zero-order valence-electron chi connectivity index (χ0n) is 20.5. The number of carbonyl (C=O) groups is 4. The fourth-order valence-electron chi connectivity index (χ4n) is 3.37. The van der Waals surface area contributed by atoms with Crippen molar-refractivity contribution in [3.8, 4) is 0 Å². The standard InChI is InChI=1S/C24H34N6O6/c1-13(2)19(25)22(33)30-20(14(3)31)23(34)28-17(10-16-11-26-12-27-16)21(32)29-18(24(35)36)9-15-7-5-4-6-8-15/h4-8,11-14,17-20,31H,9-10,25H2,1-3H3,(H,26,27)(H,28,34)(H,29,32)(H,30,33)(H,35,36). The number of carbonyl (C=O) groups excluding carboxylic acids is 3.